The van der Waals surface area contributed by atoms with Crippen molar-refractivity contribution in [2.75, 3.05) is 5.75 Å². The van der Waals surface area contributed by atoms with E-state index >= 15 is 0 Å². The van der Waals surface area contributed by atoms with Crippen molar-refractivity contribution >= 4 is 40.9 Å². The first-order valence-corrected chi connectivity index (χ1v) is 6.44. The van der Waals surface area contributed by atoms with Crippen LogP contribution in [0.15, 0.2) is 18.2 Å². The first-order chi connectivity index (χ1) is 7.58. The number of carboxylic acids is 1. The third-order valence-corrected chi connectivity index (χ3v) is 4.33. The molecule has 1 fully saturated rings. The zero-order valence-electron chi connectivity index (χ0n) is 8.11. The van der Waals surface area contributed by atoms with Crippen LogP contribution in [-0.4, -0.2) is 22.9 Å². The van der Waals surface area contributed by atoms with Gasteiger partial charge in [0.2, 0.25) is 0 Å². The highest BCUT2D eigenvalue weighted by molar-refractivity contribution is 7.99. The fourth-order valence-corrected chi connectivity index (χ4v) is 3.01. The van der Waals surface area contributed by atoms with Gasteiger partial charge in [-0.2, -0.15) is 0 Å². The minimum Gasteiger partial charge on any atom is -0.480 e. The monoisotopic (exact) mass is 277 g/mol. The summed E-state index contributed by atoms with van der Waals surface area (Å²) in [7, 11) is 0. The Morgan fingerprint density at radius 3 is 2.75 bits per heavy atom. The number of hydrogen-bond donors (Lipinski definition) is 2. The van der Waals surface area contributed by atoms with Crippen molar-refractivity contribution in [3.05, 3.63) is 33.8 Å². The molecule has 1 aromatic rings. The number of benzene rings is 1. The highest BCUT2D eigenvalue weighted by Crippen LogP contribution is 2.35. The molecule has 16 heavy (non-hydrogen) atoms. The van der Waals surface area contributed by atoms with Gasteiger partial charge < -0.3 is 5.11 Å². The first kappa shape index (κ1) is 12.0. The van der Waals surface area contributed by atoms with Crippen LogP contribution < -0.4 is 5.32 Å². The molecular formula is C10H9Cl2NO2S. The van der Waals surface area contributed by atoms with Gasteiger partial charge in [0.1, 0.15) is 6.04 Å². The second-order valence-electron chi connectivity index (χ2n) is 3.44. The first-order valence-electron chi connectivity index (χ1n) is 4.63. The average Bonchev–Trinajstić information content (AvgIpc) is 2.71. The summed E-state index contributed by atoms with van der Waals surface area (Å²) >= 11 is 13.3. The van der Waals surface area contributed by atoms with Gasteiger partial charge in [0.25, 0.3) is 0 Å². The van der Waals surface area contributed by atoms with Gasteiger partial charge in [-0.25, -0.2) is 0 Å². The molecule has 6 heteroatoms. The molecule has 1 heterocycles. The van der Waals surface area contributed by atoms with E-state index in [1.807, 2.05) is 6.07 Å². The van der Waals surface area contributed by atoms with Crippen molar-refractivity contribution < 1.29 is 9.90 Å². The van der Waals surface area contributed by atoms with Crippen molar-refractivity contribution in [2.24, 2.45) is 0 Å². The lowest BCUT2D eigenvalue weighted by Crippen LogP contribution is -2.33. The number of nitrogens with one attached hydrogen (secondary N) is 1. The largest absolute Gasteiger partial charge is 0.480 e. The van der Waals surface area contributed by atoms with Crippen molar-refractivity contribution in [1.82, 2.24) is 5.32 Å². The minimum atomic E-state index is -0.824. The van der Waals surface area contributed by atoms with E-state index in [1.54, 1.807) is 23.9 Å². The molecule has 2 atom stereocenters. The van der Waals surface area contributed by atoms with E-state index in [0.717, 1.165) is 5.56 Å². The molecule has 86 valence electrons. The SMILES string of the molecule is O=C(O)[C@@H]1CS[C@@H](c2ccc(Cl)c(Cl)c2)N1. The van der Waals surface area contributed by atoms with Gasteiger partial charge in [0.05, 0.1) is 15.4 Å². The van der Waals surface area contributed by atoms with Crippen LogP contribution in [0.4, 0.5) is 0 Å². The molecule has 0 spiro atoms. The van der Waals surface area contributed by atoms with Crippen LogP contribution in [0.1, 0.15) is 10.9 Å². The number of thioether (sulfide) groups is 1. The number of rotatable bonds is 2. The van der Waals surface area contributed by atoms with Crippen molar-refractivity contribution in [3.8, 4) is 0 Å². The molecule has 0 aromatic heterocycles. The molecule has 2 rings (SSSR count). The van der Waals surface area contributed by atoms with E-state index < -0.39 is 12.0 Å². The van der Waals surface area contributed by atoms with Gasteiger partial charge in [-0.3, -0.25) is 10.1 Å². The summed E-state index contributed by atoms with van der Waals surface area (Å²) in [6.07, 6.45) is 0. The van der Waals surface area contributed by atoms with E-state index in [0.29, 0.717) is 15.8 Å². The molecule has 1 aliphatic heterocycles. The van der Waals surface area contributed by atoms with E-state index in [2.05, 4.69) is 5.32 Å². The molecule has 3 nitrogen and oxygen atoms in total. The van der Waals surface area contributed by atoms with Gasteiger partial charge in [0, 0.05) is 5.75 Å². The highest BCUT2D eigenvalue weighted by atomic mass is 35.5. The van der Waals surface area contributed by atoms with Crippen LogP contribution in [-0.2, 0) is 4.79 Å². The zero-order valence-corrected chi connectivity index (χ0v) is 10.4. The van der Waals surface area contributed by atoms with E-state index in [1.165, 1.54) is 0 Å². The number of hydrogen-bond acceptors (Lipinski definition) is 3. The molecule has 0 aliphatic carbocycles. The van der Waals surface area contributed by atoms with Gasteiger partial charge >= 0.3 is 5.97 Å². The van der Waals surface area contributed by atoms with Crippen LogP contribution in [0, 0.1) is 0 Å². The van der Waals surface area contributed by atoms with Crippen LogP contribution in [0.5, 0.6) is 0 Å². The van der Waals surface area contributed by atoms with Crippen LogP contribution in [0.2, 0.25) is 10.0 Å². The van der Waals surface area contributed by atoms with Crippen LogP contribution in [0.3, 0.4) is 0 Å². The Balaban J connectivity index is 2.14. The molecule has 1 aromatic carbocycles. The summed E-state index contributed by atoms with van der Waals surface area (Å²) in [6, 6.07) is 4.83. The lowest BCUT2D eigenvalue weighted by Gasteiger charge is -2.11. The van der Waals surface area contributed by atoms with Crippen molar-refractivity contribution in [1.29, 1.82) is 0 Å². The van der Waals surface area contributed by atoms with Gasteiger partial charge in [-0.1, -0.05) is 29.3 Å². The number of halogens is 2. The van der Waals surface area contributed by atoms with Crippen molar-refractivity contribution in [2.45, 2.75) is 11.4 Å². The fourth-order valence-electron chi connectivity index (χ4n) is 1.48. The van der Waals surface area contributed by atoms with E-state index in [9.17, 15) is 4.79 Å². The van der Waals surface area contributed by atoms with Gasteiger partial charge in [-0.05, 0) is 17.7 Å². The Morgan fingerprint density at radius 2 is 2.19 bits per heavy atom. The maximum absolute atomic E-state index is 10.8. The molecular weight excluding hydrogens is 269 g/mol. The fraction of sp³-hybridized carbons (Fsp3) is 0.300. The molecule has 1 saturated heterocycles. The zero-order chi connectivity index (χ0) is 11.7. The summed E-state index contributed by atoms with van der Waals surface area (Å²) in [5.41, 5.74) is 0.947. The highest BCUT2D eigenvalue weighted by Gasteiger charge is 2.30. The summed E-state index contributed by atoms with van der Waals surface area (Å²) in [5.74, 6) is -0.268. The van der Waals surface area contributed by atoms with Crippen LogP contribution >= 0.6 is 35.0 Å². The smallest absolute Gasteiger partial charge is 0.321 e. The van der Waals surface area contributed by atoms with Gasteiger partial charge in [-0.15, -0.1) is 11.8 Å². The molecule has 0 unspecified atom stereocenters. The third-order valence-electron chi connectivity index (χ3n) is 2.33. The summed E-state index contributed by atoms with van der Waals surface area (Å²) < 4.78 is 0. The second-order valence-corrected chi connectivity index (χ2v) is 5.40. The molecule has 0 amide bonds. The maximum atomic E-state index is 10.8. The number of carbonyl (C=O) groups is 1. The summed E-state index contributed by atoms with van der Waals surface area (Å²) in [6.45, 7) is 0. The second kappa shape index (κ2) is 4.84. The van der Waals surface area contributed by atoms with E-state index in [4.69, 9.17) is 28.3 Å². The molecule has 1 aliphatic rings. The van der Waals surface area contributed by atoms with Crippen LogP contribution in [0.25, 0.3) is 0 Å². The standard InChI is InChI=1S/C10H9Cl2NO2S/c11-6-2-1-5(3-7(6)12)9-13-8(4-16-9)10(14)15/h1-3,8-9,13H,4H2,(H,14,15)/t8-,9-/m0/s1. The van der Waals surface area contributed by atoms with E-state index in [-0.39, 0.29) is 5.37 Å². The van der Waals surface area contributed by atoms with Gasteiger partial charge in [0.15, 0.2) is 0 Å². The number of carboxylic acid groups (broad SMARTS) is 1. The normalized spacial score (nSPS) is 24.6. The lowest BCUT2D eigenvalue weighted by molar-refractivity contribution is -0.138. The van der Waals surface area contributed by atoms with Crippen molar-refractivity contribution in [3.63, 3.8) is 0 Å². The minimum absolute atomic E-state index is 0.0316. The molecule has 0 bridgehead atoms. The molecule has 2 N–H and O–H groups in total. The molecule has 0 radical (unpaired) electrons. The third kappa shape index (κ3) is 2.46. The Morgan fingerprint density at radius 1 is 1.44 bits per heavy atom. The Hall–Kier alpha value is -0.420. The Bertz CT molecular complexity index is 427. The Kier molecular flexibility index (Phi) is 3.64. The lowest BCUT2D eigenvalue weighted by atomic mass is 10.2. The number of aliphatic carboxylic acids is 1. The summed E-state index contributed by atoms with van der Waals surface area (Å²) in [4.78, 5) is 10.8. The topological polar surface area (TPSA) is 49.3 Å². The average molecular weight is 278 g/mol. The predicted molar refractivity (Wildman–Crippen MR) is 66.2 cm³/mol. The summed E-state index contributed by atoms with van der Waals surface area (Å²) in [5, 5.41) is 12.8. The Labute approximate surface area is 107 Å². The quantitative estimate of drug-likeness (QED) is 0.873. The predicted octanol–water partition coefficient (Wildman–Crippen LogP) is 2.78. The molecule has 0 saturated carbocycles. The maximum Gasteiger partial charge on any atom is 0.321 e.